The quantitative estimate of drug-likeness (QED) is 0.852. The molecule has 0 radical (unpaired) electrons. The summed E-state index contributed by atoms with van der Waals surface area (Å²) in [6.07, 6.45) is 0.698. The molecule has 6 heteroatoms. The molecule has 0 unspecified atom stereocenters. The molecule has 0 spiro atoms. The van der Waals surface area contributed by atoms with Gasteiger partial charge in [-0.05, 0) is 46.5 Å². The van der Waals surface area contributed by atoms with Crippen LogP contribution >= 0.6 is 11.3 Å². The molecule has 2 aromatic rings. The summed E-state index contributed by atoms with van der Waals surface area (Å²) in [6, 6.07) is 8.61. The highest BCUT2D eigenvalue weighted by molar-refractivity contribution is 7.89. The first-order valence-electron chi connectivity index (χ1n) is 5.91. The van der Waals surface area contributed by atoms with Crippen LogP contribution in [0.5, 0.6) is 0 Å². The van der Waals surface area contributed by atoms with E-state index in [1.807, 2.05) is 16.8 Å². The Labute approximate surface area is 117 Å². The van der Waals surface area contributed by atoms with E-state index < -0.39 is 10.0 Å². The minimum absolute atomic E-state index is 0.273. The maximum Gasteiger partial charge on any atom is 0.240 e. The van der Waals surface area contributed by atoms with Gasteiger partial charge >= 0.3 is 0 Å². The molecule has 3 N–H and O–H groups in total. The second kappa shape index (κ2) is 6.29. The van der Waals surface area contributed by atoms with Gasteiger partial charge in [0.2, 0.25) is 10.0 Å². The zero-order valence-electron chi connectivity index (χ0n) is 10.4. The number of benzene rings is 1. The highest BCUT2D eigenvalue weighted by atomic mass is 32.2. The third-order valence-electron chi connectivity index (χ3n) is 2.76. The van der Waals surface area contributed by atoms with Gasteiger partial charge in [-0.2, -0.15) is 11.3 Å². The van der Waals surface area contributed by atoms with Crippen LogP contribution in [0.2, 0.25) is 0 Å². The van der Waals surface area contributed by atoms with Crippen molar-refractivity contribution in [1.29, 1.82) is 0 Å². The average Bonchev–Trinajstić information content (AvgIpc) is 2.92. The second-order valence-corrected chi connectivity index (χ2v) is 6.67. The maximum atomic E-state index is 12.0. The summed E-state index contributed by atoms with van der Waals surface area (Å²) in [5.41, 5.74) is 7.54. The lowest BCUT2D eigenvalue weighted by molar-refractivity contribution is 0.581. The Hall–Kier alpha value is -1.21. The first kappa shape index (κ1) is 14.2. The number of rotatable bonds is 6. The van der Waals surface area contributed by atoms with E-state index in [4.69, 9.17) is 5.73 Å². The molecule has 0 fully saturated rings. The summed E-state index contributed by atoms with van der Waals surface area (Å²) in [6.45, 7) is 0.809. The highest BCUT2D eigenvalue weighted by Gasteiger charge is 2.12. The smallest absolute Gasteiger partial charge is 0.240 e. The second-order valence-electron chi connectivity index (χ2n) is 4.13. The van der Waals surface area contributed by atoms with Crippen LogP contribution < -0.4 is 10.5 Å². The SMILES string of the molecule is NCc1ccc(S(=O)(=O)NCCc2ccsc2)cc1. The van der Waals surface area contributed by atoms with Crippen LogP contribution in [0.25, 0.3) is 0 Å². The van der Waals surface area contributed by atoms with E-state index in [2.05, 4.69) is 4.72 Å². The Bertz CT molecular complexity index is 605. The highest BCUT2D eigenvalue weighted by Crippen LogP contribution is 2.11. The van der Waals surface area contributed by atoms with Gasteiger partial charge in [-0.1, -0.05) is 12.1 Å². The lowest BCUT2D eigenvalue weighted by atomic mass is 10.2. The van der Waals surface area contributed by atoms with Crippen molar-refractivity contribution in [2.45, 2.75) is 17.9 Å². The van der Waals surface area contributed by atoms with Gasteiger partial charge in [0.05, 0.1) is 4.90 Å². The molecule has 1 aromatic carbocycles. The van der Waals surface area contributed by atoms with Gasteiger partial charge in [0.25, 0.3) is 0 Å². The summed E-state index contributed by atoms with van der Waals surface area (Å²) in [5.74, 6) is 0. The number of nitrogens with one attached hydrogen (secondary N) is 1. The van der Waals surface area contributed by atoms with E-state index >= 15 is 0 Å². The van der Waals surface area contributed by atoms with E-state index in [1.165, 1.54) is 0 Å². The fraction of sp³-hybridized carbons (Fsp3) is 0.231. The van der Waals surface area contributed by atoms with Crippen molar-refractivity contribution in [2.24, 2.45) is 5.73 Å². The molecular formula is C13H16N2O2S2. The van der Waals surface area contributed by atoms with Gasteiger partial charge in [0.15, 0.2) is 0 Å². The van der Waals surface area contributed by atoms with Gasteiger partial charge in [-0.25, -0.2) is 13.1 Å². The molecule has 4 nitrogen and oxygen atoms in total. The van der Waals surface area contributed by atoms with E-state index in [0.717, 1.165) is 11.1 Å². The molecular weight excluding hydrogens is 280 g/mol. The molecule has 19 heavy (non-hydrogen) atoms. The Balaban J connectivity index is 1.97. The maximum absolute atomic E-state index is 12.0. The average molecular weight is 296 g/mol. The van der Waals surface area contributed by atoms with Crippen LogP contribution in [-0.4, -0.2) is 15.0 Å². The van der Waals surface area contributed by atoms with Crippen LogP contribution in [0.1, 0.15) is 11.1 Å². The molecule has 0 amide bonds. The normalized spacial score (nSPS) is 11.6. The molecule has 0 atom stereocenters. The first-order chi connectivity index (χ1) is 9.12. The minimum atomic E-state index is -3.43. The van der Waals surface area contributed by atoms with Crippen molar-refractivity contribution < 1.29 is 8.42 Å². The molecule has 102 valence electrons. The summed E-state index contributed by atoms with van der Waals surface area (Å²) >= 11 is 1.61. The first-order valence-corrected chi connectivity index (χ1v) is 8.34. The summed E-state index contributed by atoms with van der Waals surface area (Å²) in [7, 11) is -3.43. The molecule has 0 aliphatic heterocycles. The Morgan fingerprint density at radius 3 is 2.42 bits per heavy atom. The van der Waals surface area contributed by atoms with Crippen molar-refractivity contribution >= 4 is 21.4 Å². The van der Waals surface area contributed by atoms with E-state index in [1.54, 1.807) is 35.6 Å². The third-order valence-corrected chi connectivity index (χ3v) is 4.96. The van der Waals surface area contributed by atoms with Crippen LogP contribution in [0.15, 0.2) is 46.0 Å². The standard InChI is InChI=1S/C13H16N2O2S2/c14-9-11-1-3-13(4-2-11)19(16,17)15-7-5-12-6-8-18-10-12/h1-4,6,8,10,15H,5,7,9,14H2. The molecule has 2 rings (SSSR count). The number of sulfonamides is 1. The summed E-state index contributed by atoms with van der Waals surface area (Å²) in [5, 5.41) is 4.00. The third kappa shape index (κ3) is 3.87. The van der Waals surface area contributed by atoms with E-state index in [-0.39, 0.29) is 4.90 Å². The zero-order valence-corrected chi connectivity index (χ0v) is 12.0. The molecule has 0 bridgehead atoms. The molecule has 0 aliphatic rings. The predicted octanol–water partition coefficient (Wildman–Crippen LogP) is 1.73. The van der Waals surface area contributed by atoms with Crippen molar-refractivity contribution in [3.63, 3.8) is 0 Å². The van der Waals surface area contributed by atoms with Gasteiger partial charge in [0.1, 0.15) is 0 Å². The van der Waals surface area contributed by atoms with Crippen LogP contribution in [-0.2, 0) is 23.0 Å². The number of nitrogens with two attached hydrogens (primary N) is 1. The van der Waals surface area contributed by atoms with Crippen molar-refractivity contribution in [3.05, 3.63) is 52.2 Å². The largest absolute Gasteiger partial charge is 0.326 e. The van der Waals surface area contributed by atoms with E-state index in [0.29, 0.717) is 19.5 Å². The number of hydrogen-bond donors (Lipinski definition) is 2. The molecule has 0 aliphatic carbocycles. The van der Waals surface area contributed by atoms with Crippen molar-refractivity contribution in [2.75, 3.05) is 6.54 Å². The van der Waals surface area contributed by atoms with Gasteiger partial charge in [-0.15, -0.1) is 0 Å². The number of thiophene rings is 1. The lowest BCUT2D eigenvalue weighted by Crippen LogP contribution is -2.25. The van der Waals surface area contributed by atoms with Crippen LogP contribution in [0, 0.1) is 0 Å². The molecule has 1 heterocycles. The fourth-order valence-electron chi connectivity index (χ4n) is 1.65. The monoisotopic (exact) mass is 296 g/mol. The van der Waals surface area contributed by atoms with Crippen LogP contribution in [0.4, 0.5) is 0 Å². The van der Waals surface area contributed by atoms with Gasteiger partial charge in [-0.3, -0.25) is 0 Å². The molecule has 1 aromatic heterocycles. The topological polar surface area (TPSA) is 72.2 Å². The molecule has 0 saturated heterocycles. The summed E-state index contributed by atoms with van der Waals surface area (Å²) < 4.78 is 26.6. The Morgan fingerprint density at radius 1 is 1.11 bits per heavy atom. The summed E-state index contributed by atoms with van der Waals surface area (Å²) in [4.78, 5) is 0.273. The molecule has 0 saturated carbocycles. The van der Waals surface area contributed by atoms with E-state index in [9.17, 15) is 8.42 Å². The number of hydrogen-bond acceptors (Lipinski definition) is 4. The zero-order chi connectivity index (χ0) is 13.7. The Kier molecular flexibility index (Phi) is 4.71. The lowest BCUT2D eigenvalue weighted by Gasteiger charge is -2.06. The van der Waals surface area contributed by atoms with Gasteiger partial charge in [0, 0.05) is 13.1 Å². The van der Waals surface area contributed by atoms with Gasteiger partial charge < -0.3 is 5.73 Å². The predicted molar refractivity (Wildman–Crippen MR) is 77.5 cm³/mol. The van der Waals surface area contributed by atoms with Crippen molar-refractivity contribution in [1.82, 2.24) is 4.72 Å². The fourth-order valence-corrected chi connectivity index (χ4v) is 3.39. The van der Waals surface area contributed by atoms with Crippen LogP contribution in [0.3, 0.4) is 0 Å². The minimum Gasteiger partial charge on any atom is -0.326 e. The van der Waals surface area contributed by atoms with Crippen molar-refractivity contribution in [3.8, 4) is 0 Å². The Morgan fingerprint density at radius 2 is 1.84 bits per heavy atom.